The van der Waals surface area contributed by atoms with Gasteiger partial charge in [-0.15, -0.1) is 0 Å². The normalized spacial score (nSPS) is 14.8. The maximum absolute atomic E-state index is 12.1. The van der Waals surface area contributed by atoms with Gasteiger partial charge in [0.25, 0.3) is 0 Å². The lowest BCUT2D eigenvalue weighted by Gasteiger charge is -2.18. The second-order valence-corrected chi connectivity index (χ2v) is 7.70. The summed E-state index contributed by atoms with van der Waals surface area (Å²) < 4.78 is 22.0. The van der Waals surface area contributed by atoms with Crippen LogP contribution in [-0.2, 0) is 17.8 Å². The minimum atomic E-state index is -1.27. The van der Waals surface area contributed by atoms with E-state index in [4.69, 9.17) is 4.42 Å². The van der Waals surface area contributed by atoms with Crippen molar-refractivity contribution >= 4 is 28.0 Å². The maximum Gasteiger partial charge on any atom is 0.157 e. The number of nitrogens with zero attached hydrogens (tertiary/aromatic N) is 1. The summed E-state index contributed by atoms with van der Waals surface area (Å²) in [7, 11) is 0. The fourth-order valence-corrected chi connectivity index (χ4v) is 2.65. The Morgan fingerprint density at radius 2 is 1.95 bits per heavy atom. The topological polar surface area (TPSA) is 48.6 Å². The monoisotopic (exact) mass is 291 g/mol. The molecule has 0 aliphatic rings. The Morgan fingerprint density at radius 1 is 1.30 bits per heavy atom. The van der Waals surface area contributed by atoms with Crippen LogP contribution in [0.4, 0.5) is 0 Å². The molecule has 0 amide bonds. The Kier molecular flexibility index (Phi) is 4.25. The first kappa shape index (κ1) is 15.1. The molecule has 4 heteroatoms. The molecule has 1 aromatic carbocycles. The molecule has 0 N–H and O–H groups in total. The van der Waals surface area contributed by atoms with E-state index in [0.717, 1.165) is 28.7 Å². The molecular weight excluding hydrogens is 270 g/mol. The van der Waals surface area contributed by atoms with E-state index in [1.54, 1.807) is 0 Å². The van der Waals surface area contributed by atoms with E-state index in [1.807, 2.05) is 45.9 Å². The average molecular weight is 291 g/mol. The van der Waals surface area contributed by atoms with Crippen molar-refractivity contribution in [3.05, 3.63) is 35.6 Å². The van der Waals surface area contributed by atoms with Crippen LogP contribution in [0.2, 0.25) is 0 Å². The van der Waals surface area contributed by atoms with Crippen LogP contribution >= 0.6 is 0 Å². The highest BCUT2D eigenvalue weighted by molar-refractivity contribution is 7.91. The van der Waals surface area contributed by atoms with Crippen molar-refractivity contribution in [3.8, 4) is 0 Å². The highest BCUT2D eigenvalue weighted by Crippen LogP contribution is 2.28. The third-order valence-electron chi connectivity index (χ3n) is 3.12. The lowest BCUT2D eigenvalue weighted by molar-refractivity contribution is 0.560. The third-order valence-corrected chi connectivity index (χ3v) is 4.61. The number of para-hydroxylation sites is 1. The molecule has 3 nitrogen and oxygen atoms in total. The molecule has 0 spiro atoms. The van der Waals surface area contributed by atoms with Crippen molar-refractivity contribution in [2.75, 3.05) is 0 Å². The molecule has 1 aromatic heterocycles. The van der Waals surface area contributed by atoms with Gasteiger partial charge in [-0.3, -0.25) is 0 Å². The summed E-state index contributed by atoms with van der Waals surface area (Å²) in [5.74, 6) is 0.756. The summed E-state index contributed by atoms with van der Waals surface area (Å²) in [5.41, 5.74) is 2.69. The molecule has 2 aromatic rings. The molecule has 108 valence electrons. The molecule has 2 rings (SSSR count). The summed E-state index contributed by atoms with van der Waals surface area (Å²) in [4.78, 5) is 0. The first-order valence-corrected chi connectivity index (χ1v) is 7.93. The molecule has 0 saturated carbocycles. The van der Waals surface area contributed by atoms with Crippen molar-refractivity contribution in [2.45, 2.75) is 45.8 Å². The van der Waals surface area contributed by atoms with Gasteiger partial charge in [0.1, 0.15) is 27.4 Å². The fourth-order valence-electron chi connectivity index (χ4n) is 2.04. The van der Waals surface area contributed by atoms with Gasteiger partial charge in [-0.05, 0) is 40.2 Å². The van der Waals surface area contributed by atoms with Crippen molar-refractivity contribution in [2.24, 2.45) is 4.40 Å². The number of rotatable bonds is 3. The standard InChI is InChI=1S/C16H21NO2S/c1-6-12-13-9-7-8-10-14(13)19-15(12)11(2)17-20(18)16(3,4)5/h7-10H,6H2,1-5H3. The Balaban J connectivity index is 2.49. The van der Waals surface area contributed by atoms with E-state index >= 15 is 0 Å². The van der Waals surface area contributed by atoms with Gasteiger partial charge in [-0.1, -0.05) is 29.5 Å². The van der Waals surface area contributed by atoms with Crippen molar-refractivity contribution in [3.63, 3.8) is 0 Å². The molecule has 0 radical (unpaired) electrons. The molecule has 20 heavy (non-hydrogen) atoms. The van der Waals surface area contributed by atoms with Crippen LogP contribution in [0.25, 0.3) is 11.0 Å². The average Bonchev–Trinajstić information content (AvgIpc) is 2.75. The molecule has 1 atom stereocenters. The van der Waals surface area contributed by atoms with E-state index in [2.05, 4.69) is 17.4 Å². The van der Waals surface area contributed by atoms with Gasteiger partial charge in [0, 0.05) is 10.9 Å². The number of hydrogen-bond donors (Lipinski definition) is 0. The largest absolute Gasteiger partial charge is 0.591 e. The van der Waals surface area contributed by atoms with Gasteiger partial charge in [0.05, 0.1) is 0 Å². The van der Waals surface area contributed by atoms with Crippen molar-refractivity contribution in [1.82, 2.24) is 0 Å². The fraction of sp³-hybridized carbons (Fsp3) is 0.438. The highest BCUT2D eigenvalue weighted by Gasteiger charge is 2.27. The van der Waals surface area contributed by atoms with Crippen LogP contribution in [-0.4, -0.2) is 15.0 Å². The Hall–Kier alpha value is -1.26. The quantitative estimate of drug-likeness (QED) is 0.626. The zero-order valence-corrected chi connectivity index (χ0v) is 13.5. The number of hydrogen-bond acceptors (Lipinski definition) is 3. The highest BCUT2D eigenvalue weighted by atomic mass is 32.2. The minimum absolute atomic E-state index is 0.361. The molecule has 1 heterocycles. The predicted molar refractivity (Wildman–Crippen MR) is 85.7 cm³/mol. The second kappa shape index (κ2) is 5.62. The maximum atomic E-state index is 12.1. The Bertz CT molecular complexity index is 637. The first-order chi connectivity index (χ1) is 9.34. The summed E-state index contributed by atoms with van der Waals surface area (Å²) in [6.45, 7) is 9.70. The number of fused-ring (bicyclic) bond motifs is 1. The van der Waals surface area contributed by atoms with E-state index in [1.165, 1.54) is 0 Å². The predicted octanol–water partition coefficient (Wildman–Crippen LogP) is 4.27. The summed E-state index contributed by atoms with van der Waals surface area (Å²) in [6, 6.07) is 7.95. The SMILES string of the molecule is CCc1c(C(C)=N[S+]([O-])C(C)(C)C)oc2ccccc12. The van der Waals surface area contributed by atoms with E-state index < -0.39 is 11.4 Å². The van der Waals surface area contributed by atoms with Gasteiger partial charge in [0.2, 0.25) is 0 Å². The Labute approximate surface area is 123 Å². The molecule has 0 aliphatic carbocycles. The summed E-state index contributed by atoms with van der Waals surface area (Å²) in [6.07, 6.45) is 0.862. The lowest BCUT2D eigenvalue weighted by Crippen LogP contribution is -2.26. The summed E-state index contributed by atoms with van der Waals surface area (Å²) in [5, 5.41) is 1.11. The summed E-state index contributed by atoms with van der Waals surface area (Å²) >= 11 is -1.27. The smallest absolute Gasteiger partial charge is 0.157 e. The van der Waals surface area contributed by atoms with Crippen LogP contribution in [0, 0.1) is 0 Å². The zero-order chi connectivity index (χ0) is 14.9. The molecule has 0 fully saturated rings. The number of furan rings is 1. The second-order valence-electron chi connectivity index (χ2n) is 5.80. The first-order valence-electron chi connectivity index (χ1n) is 6.82. The molecular formula is C16H21NO2S. The van der Waals surface area contributed by atoms with Gasteiger partial charge >= 0.3 is 0 Å². The van der Waals surface area contributed by atoms with Crippen molar-refractivity contribution < 1.29 is 8.97 Å². The molecule has 0 aliphatic heterocycles. The van der Waals surface area contributed by atoms with E-state index in [9.17, 15) is 4.55 Å². The lowest BCUT2D eigenvalue weighted by atomic mass is 10.1. The van der Waals surface area contributed by atoms with Gasteiger partial charge in [0.15, 0.2) is 5.76 Å². The van der Waals surface area contributed by atoms with Gasteiger partial charge in [-0.2, -0.15) is 0 Å². The van der Waals surface area contributed by atoms with Crippen LogP contribution in [0.15, 0.2) is 33.1 Å². The molecule has 0 bridgehead atoms. The Morgan fingerprint density at radius 3 is 2.55 bits per heavy atom. The van der Waals surface area contributed by atoms with Crippen LogP contribution in [0.5, 0.6) is 0 Å². The number of benzene rings is 1. The zero-order valence-electron chi connectivity index (χ0n) is 12.7. The third kappa shape index (κ3) is 2.91. The van der Waals surface area contributed by atoms with Gasteiger partial charge < -0.3 is 8.97 Å². The minimum Gasteiger partial charge on any atom is -0.591 e. The molecule has 1 unspecified atom stereocenters. The van der Waals surface area contributed by atoms with Gasteiger partial charge in [-0.25, -0.2) is 0 Å². The van der Waals surface area contributed by atoms with Crippen LogP contribution < -0.4 is 0 Å². The van der Waals surface area contributed by atoms with E-state index in [0.29, 0.717) is 5.71 Å². The van der Waals surface area contributed by atoms with Crippen LogP contribution in [0.3, 0.4) is 0 Å². The molecule has 0 saturated heterocycles. The van der Waals surface area contributed by atoms with Crippen LogP contribution in [0.1, 0.15) is 45.9 Å². The van der Waals surface area contributed by atoms with Crippen molar-refractivity contribution in [1.29, 1.82) is 0 Å². The van der Waals surface area contributed by atoms with E-state index in [-0.39, 0.29) is 4.75 Å². The number of aryl methyl sites for hydroxylation is 1.